The molecule has 7 unspecified atom stereocenters. The molecule has 1 saturated heterocycles. The Morgan fingerprint density at radius 1 is 0.828 bits per heavy atom. The fourth-order valence-electron chi connectivity index (χ4n) is 11.6. The molecule has 460 valence electrons. The summed E-state index contributed by atoms with van der Waals surface area (Å²) >= 11 is 0. The monoisotopic (exact) mass is 1200 g/mol. The number of phenols is 2. The zero-order chi connectivity index (χ0) is 62.4. The third-order valence-electron chi connectivity index (χ3n) is 16.1. The van der Waals surface area contributed by atoms with Crippen molar-refractivity contribution >= 4 is 52.9 Å². The first-order valence-electron chi connectivity index (χ1n) is 28.5. The maximum absolute atomic E-state index is 14.1. The number of nitrogens with one attached hydrogen (secondary N) is 4. The van der Waals surface area contributed by atoms with Gasteiger partial charge in [-0.2, -0.15) is 0 Å². The highest BCUT2D eigenvalue weighted by Crippen LogP contribution is 2.53. The Hall–Kier alpha value is -8.78. The van der Waals surface area contributed by atoms with Crippen molar-refractivity contribution in [3.8, 4) is 28.4 Å². The molecule has 24 nitrogen and oxygen atoms in total. The number of fused-ring (bicyclic) bond motifs is 6. The molecule has 3 aliphatic carbocycles. The fraction of sp³-hybridized carbons (Fsp3) is 0.397. The van der Waals surface area contributed by atoms with Crippen molar-refractivity contribution in [3.05, 3.63) is 141 Å². The van der Waals surface area contributed by atoms with Gasteiger partial charge in [-0.1, -0.05) is 86.6 Å². The van der Waals surface area contributed by atoms with Crippen LogP contribution in [0.4, 0.5) is 15.3 Å². The fourth-order valence-corrected chi connectivity index (χ4v) is 11.6. The molecular weight excluding hydrogens is 1130 g/mol. The van der Waals surface area contributed by atoms with E-state index >= 15 is 0 Å². The molecule has 24 heteroatoms. The number of phenolic OH excluding ortho intramolecular Hbond substituents is 2. The second kappa shape index (κ2) is 26.9. The zero-order valence-electron chi connectivity index (χ0n) is 48.2. The van der Waals surface area contributed by atoms with E-state index in [-0.39, 0.29) is 78.9 Å². The molecule has 9 rings (SSSR count). The molecule has 5 aromatic rings. The predicted molar refractivity (Wildman–Crippen MR) is 309 cm³/mol. The summed E-state index contributed by atoms with van der Waals surface area (Å²) < 4.78 is 34.4. The summed E-state index contributed by atoms with van der Waals surface area (Å²) in [6, 6.07) is 23.7. The lowest BCUT2D eigenvalue weighted by molar-refractivity contribution is -0.267. The number of Topliss-reactive ketones (excluding diaryl/α,β-unsaturated/α-hetero) is 1. The lowest BCUT2D eigenvalue weighted by Crippen LogP contribution is -2.54. The van der Waals surface area contributed by atoms with E-state index in [0.29, 0.717) is 17.9 Å². The van der Waals surface area contributed by atoms with Crippen molar-refractivity contribution < 1.29 is 92.3 Å². The number of amides is 5. The maximum Gasteiger partial charge on any atom is 0.508 e. The Morgan fingerprint density at radius 2 is 1.49 bits per heavy atom. The number of hydrogen-bond donors (Lipinski definition) is 10. The number of ketones is 3. The molecule has 0 aromatic heterocycles. The highest BCUT2D eigenvalue weighted by Gasteiger charge is 2.51. The lowest BCUT2D eigenvalue weighted by atomic mass is 9.72. The van der Waals surface area contributed by atoms with Gasteiger partial charge in [-0.15, -0.1) is 0 Å². The van der Waals surface area contributed by atoms with E-state index in [2.05, 4.69) is 45.5 Å². The number of benzene rings is 5. The molecule has 0 spiro atoms. The van der Waals surface area contributed by atoms with Gasteiger partial charge in [0.1, 0.15) is 60.4 Å². The van der Waals surface area contributed by atoms with Crippen molar-refractivity contribution in [1.82, 2.24) is 16.0 Å². The Balaban J connectivity index is 0.797. The third kappa shape index (κ3) is 13.5. The van der Waals surface area contributed by atoms with E-state index in [1.54, 1.807) is 13.8 Å². The average Bonchev–Trinajstić information content (AvgIpc) is 1.32. The standard InChI is InChI=1S/C63H69N5O19/c1-31(2)53(68-47(71)22-24-83-30-41-37-13-7-5-11-35(37)36-12-6-8-14-38(36)41)60(78)67-42(16-10-23-65-61(64)79)59(77)66-34-20-18-33(19-21-34)29-84-62(80)87-44-25-48(85-32(3)54(44)72)86-45-27-63(81,46(70)28-69)26-40-50(45)58(76)52-51(56(40)74)55(73)39-15-9-17-43(82-4)49(39)57(52)75/h5-9,11-15,17-21,31-32,41-42,44-45,48,53-54,69,72,74,76,81H,10,16,22-30H2,1-4H3,(H,66,77)(H,67,78)(H,68,71)(H3,64,65,79)/t32?,42?,44?,45?,48?,53?,54?,63-/m0/s1. The molecular formula is C63H69N5O19. The molecule has 1 fully saturated rings. The second-order valence-electron chi connectivity index (χ2n) is 22.2. The van der Waals surface area contributed by atoms with Crippen LogP contribution in [0.25, 0.3) is 11.1 Å². The predicted octanol–water partition coefficient (Wildman–Crippen LogP) is 4.63. The van der Waals surface area contributed by atoms with E-state index in [9.17, 15) is 63.9 Å². The number of rotatable bonds is 23. The van der Waals surface area contributed by atoms with Crippen LogP contribution in [0.3, 0.4) is 0 Å². The van der Waals surface area contributed by atoms with E-state index in [0.717, 1.165) is 22.3 Å². The molecule has 5 amide bonds. The maximum atomic E-state index is 14.1. The number of aliphatic hydroxyl groups is 3. The van der Waals surface area contributed by atoms with E-state index in [4.69, 9.17) is 34.2 Å². The molecule has 4 aliphatic rings. The quantitative estimate of drug-likeness (QED) is 0.0237. The molecule has 11 N–H and O–H groups in total. The summed E-state index contributed by atoms with van der Waals surface area (Å²) in [5, 5.41) is 67.0. The Morgan fingerprint density at radius 3 is 2.15 bits per heavy atom. The number of methoxy groups -OCH3 is 1. The minimum absolute atomic E-state index is 0.00555. The van der Waals surface area contributed by atoms with Gasteiger partial charge in [0.05, 0.1) is 49.2 Å². The van der Waals surface area contributed by atoms with Gasteiger partial charge in [-0.25, -0.2) is 9.59 Å². The van der Waals surface area contributed by atoms with Crippen molar-refractivity contribution in [3.63, 3.8) is 0 Å². The molecule has 87 heavy (non-hydrogen) atoms. The lowest BCUT2D eigenvalue weighted by Gasteiger charge is -2.42. The summed E-state index contributed by atoms with van der Waals surface area (Å²) in [5.41, 5.74) is 6.07. The number of urea groups is 1. The van der Waals surface area contributed by atoms with Crippen LogP contribution >= 0.6 is 0 Å². The molecule has 1 heterocycles. The summed E-state index contributed by atoms with van der Waals surface area (Å²) in [4.78, 5) is 107. The summed E-state index contributed by atoms with van der Waals surface area (Å²) in [7, 11) is 1.28. The third-order valence-corrected chi connectivity index (χ3v) is 16.1. The highest BCUT2D eigenvalue weighted by molar-refractivity contribution is 6.31. The molecule has 0 saturated carbocycles. The topological polar surface area (TPSA) is 367 Å². The SMILES string of the molecule is COc1cccc2c1C(=O)c1c(O)c3c(c(O)c1C2=O)C[C@@](O)(C(=O)CO)CC3OC1CC(OC(=O)OCc2ccc(NC(=O)C(CCCNC(N)=O)NC(=O)C(NC(=O)CCOCC3c4ccccc4-c4ccccc43)C(C)C)cc2)C(O)C(C)O1. The number of ether oxygens (including phenoxy) is 6. The van der Waals surface area contributed by atoms with Crippen LogP contribution in [0, 0.1) is 5.92 Å². The van der Waals surface area contributed by atoms with Crippen LogP contribution in [-0.4, -0.2) is 149 Å². The van der Waals surface area contributed by atoms with Gasteiger partial charge in [0.25, 0.3) is 0 Å². The smallest absolute Gasteiger partial charge is 0.507 e. The average molecular weight is 1200 g/mol. The van der Waals surface area contributed by atoms with Crippen LogP contribution in [0.5, 0.6) is 17.2 Å². The molecule has 0 bridgehead atoms. The van der Waals surface area contributed by atoms with Crippen LogP contribution < -0.4 is 31.7 Å². The number of nitrogens with two attached hydrogens (primary N) is 1. The van der Waals surface area contributed by atoms with Crippen LogP contribution in [0.15, 0.2) is 91.0 Å². The van der Waals surface area contributed by atoms with Gasteiger partial charge >= 0.3 is 12.2 Å². The Bertz CT molecular complexity index is 3440. The van der Waals surface area contributed by atoms with Gasteiger partial charge < -0.3 is 81.0 Å². The number of anilines is 1. The summed E-state index contributed by atoms with van der Waals surface area (Å²) in [6.45, 7) is 4.01. The van der Waals surface area contributed by atoms with Crippen LogP contribution in [0.2, 0.25) is 0 Å². The van der Waals surface area contributed by atoms with Gasteiger partial charge in [-0.3, -0.25) is 28.8 Å². The number of primary amides is 1. The summed E-state index contributed by atoms with van der Waals surface area (Å²) in [5.74, 6) is -6.44. The van der Waals surface area contributed by atoms with Gasteiger partial charge in [-0.05, 0) is 71.7 Å². The summed E-state index contributed by atoms with van der Waals surface area (Å²) in [6.07, 6.45) is -9.63. The first-order chi connectivity index (χ1) is 41.6. The highest BCUT2D eigenvalue weighted by atomic mass is 16.7. The van der Waals surface area contributed by atoms with Crippen molar-refractivity contribution in [2.24, 2.45) is 11.7 Å². The van der Waals surface area contributed by atoms with Gasteiger partial charge in [0.15, 0.2) is 17.9 Å². The van der Waals surface area contributed by atoms with E-state index < -0.39 is 144 Å². The number of aliphatic hydroxyl groups excluding tert-OH is 2. The van der Waals surface area contributed by atoms with Crippen molar-refractivity contribution in [2.75, 3.05) is 38.8 Å². The number of hydrogen-bond acceptors (Lipinski definition) is 19. The number of carbonyl (C=O) groups is 8. The normalized spacial score (nSPS) is 20.8. The van der Waals surface area contributed by atoms with Gasteiger partial charge in [0, 0.05) is 60.5 Å². The molecule has 1 aliphatic heterocycles. The van der Waals surface area contributed by atoms with Crippen LogP contribution in [-0.2, 0) is 55.9 Å². The van der Waals surface area contributed by atoms with E-state index in [1.165, 1.54) is 56.5 Å². The van der Waals surface area contributed by atoms with Crippen molar-refractivity contribution in [1.29, 1.82) is 0 Å². The Kier molecular flexibility index (Phi) is 19.4. The number of aromatic hydroxyl groups is 2. The van der Waals surface area contributed by atoms with Gasteiger partial charge in [0.2, 0.25) is 23.5 Å². The van der Waals surface area contributed by atoms with Crippen LogP contribution in [0.1, 0.15) is 125 Å². The minimum Gasteiger partial charge on any atom is -0.507 e. The Labute approximate surface area is 499 Å². The molecule has 8 atom stereocenters. The molecule has 0 radical (unpaired) electrons. The molecule has 5 aromatic carbocycles. The van der Waals surface area contributed by atoms with Crippen molar-refractivity contribution in [2.45, 2.75) is 120 Å². The number of carbonyl (C=O) groups excluding carboxylic acids is 8. The minimum atomic E-state index is -2.43. The zero-order valence-corrected chi connectivity index (χ0v) is 48.2. The van der Waals surface area contributed by atoms with E-state index in [1.807, 2.05) is 24.3 Å². The second-order valence-corrected chi connectivity index (χ2v) is 22.2. The largest absolute Gasteiger partial charge is 0.508 e. The first-order valence-corrected chi connectivity index (χ1v) is 28.5. The first kappa shape index (κ1) is 62.7.